The van der Waals surface area contributed by atoms with E-state index in [1.807, 2.05) is 30.3 Å². The van der Waals surface area contributed by atoms with Crippen molar-refractivity contribution in [3.63, 3.8) is 0 Å². The van der Waals surface area contributed by atoms with Crippen molar-refractivity contribution in [3.05, 3.63) is 35.9 Å². The van der Waals surface area contributed by atoms with Gasteiger partial charge in [0.15, 0.2) is 0 Å². The van der Waals surface area contributed by atoms with Crippen LogP contribution in [-0.4, -0.2) is 22.3 Å². The third kappa shape index (κ3) is 2.09. The minimum absolute atomic E-state index is 0.257. The van der Waals surface area contributed by atoms with E-state index in [9.17, 15) is 15.0 Å². The molecule has 0 unspecified atom stereocenters. The van der Waals surface area contributed by atoms with Gasteiger partial charge in [0.05, 0.1) is 12.0 Å². The van der Waals surface area contributed by atoms with Crippen molar-refractivity contribution in [2.45, 2.75) is 31.3 Å². The molecular weight excluding hydrogens is 204 g/mol. The molecule has 0 radical (unpaired) electrons. The molecule has 1 aliphatic carbocycles. The van der Waals surface area contributed by atoms with Crippen molar-refractivity contribution >= 4 is 5.97 Å². The first-order valence-corrected chi connectivity index (χ1v) is 5.66. The van der Waals surface area contributed by atoms with Gasteiger partial charge < -0.3 is 10.2 Å². The summed E-state index contributed by atoms with van der Waals surface area (Å²) >= 11 is 0. The molecule has 3 atom stereocenters. The first-order valence-electron chi connectivity index (χ1n) is 5.66. The Bertz CT molecular complexity index is 361. The van der Waals surface area contributed by atoms with Gasteiger partial charge in [-0.2, -0.15) is 0 Å². The van der Waals surface area contributed by atoms with Crippen molar-refractivity contribution in [2.75, 3.05) is 0 Å². The van der Waals surface area contributed by atoms with Crippen LogP contribution in [0.2, 0.25) is 0 Å². The second-order valence-electron chi connectivity index (χ2n) is 4.38. The Morgan fingerprint density at radius 3 is 2.50 bits per heavy atom. The Morgan fingerprint density at radius 2 is 1.88 bits per heavy atom. The van der Waals surface area contributed by atoms with Crippen LogP contribution in [0.4, 0.5) is 0 Å². The third-order valence-corrected chi connectivity index (χ3v) is 3.36. The highest BCUT2D eigenvalue weighted by Crippen LogP contribution is 2.38. The van der Waals surface area contributed by atoms with Crippen LogP contribution < -0.4 is 0 Å². The molecule has 0 spiro atoms. The van der Waals surface area contributed by atoms with Gasteiger partial charge in [0, 0.05) is 5.92 Å². The van der Waals surface area contributed by atoms with Gasteiger partial charge in [0.1, 0.15) is 0 Å². The lowest BCUT2D eigenvalue weighted by molar-refractivity contribution is -0.145. The summed E-state index contributed by atoms with van der Waals surface area (Å²) in [6.07, 6.45) is 1.62. The number of rotatable bonds is 2. The lowest BCUT2D eigenvalue weighted by Crippen LogP contribution is -2.34. The quantitative estimate of drug-likeness (QED) is 0.801. The smallest absolute Gasteiger partial charge is 0.307 e. The minimum Gasteiger partial charge on any atom is -0.481 e. The van der Waals surface area contributed by atoms with Gasteiger partial charge in [0.25, 0.3) is 0 Å². The van der Waals surface area contributed by atoms with Crippen LogP contribution in [0.5, 0.6) is 0 Å². The van der Waals surface area contributed by atoms with E-state index in [4.69, 9.17) is 0 Å². The Kier molecular flexibility index (Phi) is 3.25. The van der Waals surface area contributed by atoms with Crippen LogP contribution in [0.3, 0.4) is 0 Å². The van der Waals surface area contributed by atoms with Crippen LogP contribution in [0.25, 0.3) is 0 Å². The predicted octanol–water partition coefficient (Wildman–Crippen LogP) is 2.02. The maximum atomic E-state index is 11.2. The lowest BCUT2D eigenvalue weighted by Gasteiger charge is -2.33. The van der Waals surface area contributed by atoms with Crippen molar-refractivity contribution in [1.29, 1.82) is 0 Å². The highest BCUT2D eigenvalue weighted by atomic mass is 16.4. The zero-order chi connectivity index (χ0) is 11.5. The standard InChI is InChI=1S/C13H16O3/c14-11-8-4-7-10(13(15)16)12(11)9-5-2-1-3-6-9/h1-3,5-6,10-12,14H,4,7-8H2,(H,15,16)/t10-,11-,12+/m1/s1. The second-order valence-corrected chi connectivity index (χ2v) is 4.38. The SMILES string of the molecule is O=C(O)[C@@H]1CCC[C@@H](O)[C@H]1c1ccccc1. The zero-order valence-electron chi connectivity index (χ0n) is 9.04. The number of carbonyl (C=O) groups is 1. The largest absolute Gasteiger partial charge is 0.481 e. The second kappa shape index (κ2) is 4.66. The summed E-state index contributed by atoms with van der Waals surface area (Å²) in [6.45, 7) is 0. The van der Waals surface area contributed by atoms with Gasteiger partial charge in [-0.05, 0) is 24.8 Å². The Morgan fingerprint density at radius 1 is 1.19 bits per heavy atom. The number of aliphatic hydroxyl groups excluding tert-OH is 1. The Balaban J connectivity index is 2.30. The molecule has 0 aromatic heterocycles. The van der Waals surface area contributed by atoms with E-state index >= 15 is 0 Å². The first-order chi connectivity index (χ1) is 7.70. The fourth-order valence-electron chi connectivity index (χ4n) is 2.58. The molecule has 16 heavy (non-hydrogen) atoms. The number of carboxylic acid groups (broad SMARTS) is 1. The predicted molar refractivity (Wildman–Crippen MR) is 60.2 cm³/mol. The van der Waals surface area contributed by atoms with Crippen molar-refractivity contribution in [3.8, 4) is 0 Å². The molecule has 3 heteroatoms. The normalized spacial score (nSPS) is 29.9. The van der Waals surface area contributed by atoms with Crippen LogP contribution in [0.1, 0.15) is 30.7 Å². The topological polar surface area (TPSA) is 57.5 Å². The van der Waals surface area contributed by atoms with Gasteiger partial charge in [-0.1, -0.05) is 30.3 Å². The van der Waals surface area contributed by atoms with Gasteiger partial charge in [-0.3, -0.25) is 4.79 Å². The van der Waals surface area contributed by atoms with Crippen molar-refractivity contribution < 1.29 is 15.0 Å². The molecule has 0 heterocycles. The molecule has 1 aliphatic rings. The first kappa shape index (κ1) is 11.1. The minimum atomic E-state index is -0.799. The Labute approximate surface area is 94.7 Å². The number of aliphatic hydroxyl groups is 1. The average molecular weight is 220 g/mol. The van der Waals surface area contributed by atoms with Crippen molar-refractivity contribution in [1.82, 2.24) is 0 Å². The molecule has 1 fully saturated rings. The molecule has 2 N–H and O–H groups in total. The molecule has 1 saturated carbocycles. The highest BCUT2D eigenvalue weighted by molar-refractivity contribution is 5.71. The molecule has 1 aromatic carbocycles. The molecule has 86 valence electrons. The van der Waals surface area contributed by atoms with Crippen LogP contribution in [-0.2, 0) is 4.79 Å². The maximum absolute atomic E-state index is 11.2. The summed E-state index contributed by atoms with van der Waals surface area (Å²) in [5, 5.41) is 19.2. The summed E-state index contributed by atoms with van der Waals surface area (Å²) in [7, 11) is 0. The molecule has 0 aliphatic heterocycles. The van der Waals surface area contributed by atoms with E-state index in [0.29, 0.717) is 12.8 Å². The van der Waals surface area contributed by atoms with E-state index in [1.54, 1.807) is 0 Å². The number of hydrogen-bond donors (Lipinski definition) is 2. The van der Waals surface area contributed by atoms with Gasteiger partial charge in [-0.15, -0.1) is 0 Å². The van der Waals surface area contributed by atoms with E-state index in [0.717, 1.165) is 12.0 Å². The number of carboxylic acids is 1. The highest BCUT2D eigenvalue weighted by Gasteiger charge is 2.37. The van der Waals surface area contributed by atoms with Gasteiger partial charge in [-0.25, -0.2) is 0 Å². The molecule has 0 bridgehead atoms. The fraction of sp³-hybridized carbons (Fsp3) is 0.462. The van der Waals surface area contributed by atoms with Crippen LogP contribution in [0.15, 0.2) is 30.3 Å². The lowest BCUT2D eigenvalue weighted by atomic mass is 9.73. The fourth-order valence-corrected chi connectivity index (χ4v) is 2.58. The third-order valence-electron chi connectivity index (χ3n) is 3.36. The zero-order valence-corrected chi connectivity index (χ0v) is 9.04. The summed E-state index contributed by atoms with van der Waals surface area (Å²) < 4.78 is 0. The summed E-state index contributed by atoms with van der Waals surface area (Å²) in [5.41, 5.74) is 0.933. The van der Waals surface area contributed by atoms with E-state index in [1.165, 1.54) is 0 Å². The van der Waals surface area contributed by atoms with Gasteiger partial charge in [0.2, 0.25) is 0 Å². The monoisotopic (exact) mass is 220 g/mol. The van der Waals surface area contributed by atoms with E-state index in [-0.39, 0.29) is 5.92 Å². The average Bonchev–Trinajstić information content (AvgIpc) is 2.29. The summed E-state index contributed by atoms with van der Waals surface area (Å²) in [4.78, 5) is 11.2. The molecule has 0 saturated heterocycles. The maximum Gasteiger partial charge on any atom is 0.307 e. The number of hydrogen-bond acceptors (Lipinski definition) is 2. The number of aliphatic carboxylic acids is 1. The summed E-state index contributed by atoms with van der Waals surface area (Å²) in [5.74, 6) is -1.51. The molecule has 1 aromatic rings. The van der Waals surface area contributed by atoms with E-state index < -0.39 is 18.0 Å². The molecular formula is C13H16O3. The van der Waals surface area contributed by atoms with E-state index in [2.05, 4.69) is 0 Å². The van der Waals surface area contributed by atoms with Crippen LogP contribution >= 0.6 is 0 Å². The molecule has 0 amide bonds. The van der Waals surface area contributed by atoms with Crippen molar-refractivity contribution in [2.24, 2.45) is 5.92 Å². The molecule has 2 rings (SSSR count). The Hall–Kier alpha value is -1.35. The number of benzene rings is 1. The van der Waals surface area contributed by atoms with Crippen LogP contribution in [0, 0.1) is 5.92 Å². The molecule has 3 nitrogen and oxygen atoms in total. The van der Waals surface area contributed by atoms with Gasteiger partial charge >= 0.3 is 5.97 Å². The summed E-state index contributed by atoms with van der Waals surface area (Å²) in [6, 6.07) is 9.46.